The van der Waals surface area contributed by atoms with Gasteiger partial charge in [-0.2, -0.15) is 0 Å². The highest BCUT2D eigenvalue weighted by atomic mass is 16.3. The number of likely N-dealkylation sites (N-methyl/N-ethyl adjacent to an activating group) is 1. The summed E-state index contributed by atoms with van der Waals surface area (Å²) < 4.78 is 0. The van der Waals surface area contributed by atoms with Gasteiger partial charge in [0.05, 0.1) is 6.10 Å². The molecule has 1 rings (SSSR count). The highest BCUT2D eigenvalue weighted by Crippen LogP contribution is 2.25. The monoisotopic (exact) mass is 213 g/mol. The van der Waals surface area contributed by atoms with Crippen molar-refractivity contribution in [2.24, 2.45) is 5.92 Å². The number of hydrogen-bond donors (Lipinski definition) is 1. The molecular formula is C13H27NO. The Kier molecular flexibility index (Phi) is 5.62. The van der Waals surface area contributed by atoms with Crippen molar-refractivity contribution in [2.45, 2.75) is 65.0 Å². The molecule has 0 saturated heterocycles. The summed E-state index contributed by atoms with van der Waals surface area (Å²) in [6.45, 7) is 9.01. The van der Waals surface area contributed by atoms with Gasteiger partial charge in [-0.05, 0) is 31.7 Å². The molecule has 2 atom stereocenters. The third-order valence-electron chi connectivity index (χ3n) is 3.97. The largest absolute Gasteiger partial charge is 0.391 e. The minimum absolute atomic E-state index is 0.0701. The van der Waals surface area contributed by atoms with E-state index < -0.39 is 0 Å². The topological polar surface area (TPSA) is 23.5 Å². The zero-order valence-corrected chi connectivity index (χ0v) is 10.6. The Morgan fingerprint density at radius 3 is 2.27 bits per heavy atom. The van der Waals surface area contributed by atoms with E-state index in [9.17, 15) is 5.11 Å². The van der Waals surface area contributed by atoms with E-state index in [-0.39, 0.29) is 6.10 Å². The van der Waals surface area contributed by atoms with Gasteiger partial charge in [0.15, 0.2) is 0 Å². The van der Waals surface area contributed by atoms with Crippen molar-refractivity contribution < 1.29 is 5.11 Å². The molecule has 0 unspecified atom stereocenters. The molecule has 1 N–H and O–H groups in total. The lowest BCUT2D eigenvalue weighted by atomic mass is 10.0. The van der Waals surface area contributed by atoms with Crippen molar-refractivity contribution >= 4 is 0 Å². The van der Waals surface area contributed by atoms with Crippen molar-refractivity contribution in [2.75, 3.05) is 13.1 Å². The average Bonchev–Trinajstić information content (AvgIpc) is 2.67. The molecule has 0 heterocycles. The van der Waals surface area contributed by atoms with E-state index >= 15 is 0 Å². The molecule has 0 spiro atoms. The fourth-order valence-electron chi connectivity index (χ4n) is 2.72. The van der Waals surface area contributed by atoms with Crippen LogP contribution in [0, 0.1) is 5.92 Å². The molecule has 0 aromatic rings. The molecule has 0 bridgehead atoms. The molecule has 1 aliphatic rings. The summed E-state index contributed by atoms with van der Waals surface area (Å²) in [5, 5.41) is 9.91. The van der Waals surface area contributed by atoms with Gasteiger partial charge in [0, 0.05) is 12.6 Å². The number of aliphatic hydroxyl groups excluding tert-OH is 1. The first kappa shape index (κ1) is 13.0. The predicted octanol–water partition coefficient (Wildman–Crippen LogP) is 2.66. The van der Waals surface area contributed by atoms with Crippen LogP contribution in [0.15, 0.2) is 0 Å². The van der Waals surface area contributed by atoms with Gasteiger partial charge in [-0.15, -0.1) is 0 Å². The van der Waals surface area contributed by atoms with E-state index in [0.717, 1.165) is 18.9 Å². The van der Waals surface area contributed by atoms with E-state index in [1.807, 2.05) is 0 Å². The van der Waals surface area contributed by atoms with Gasteiger partial charge in [0.2, 0.25) is 0 Å². The zero-order chi connectivity index (χ0) is 11.3. The zero-order valence-electron chi connectivity index (χ0n) is 10.6. The smallest absolute Gasteiger partial charge is 0.0695 e. The van der Waals surface area contributed by atoms with Crippen LogP contribution in [-0.4, -0.2) is 35.2 Å². The second-order valence-electron chi connectivity index (χ2n) is 4.84. The maximum absolute atomic E-state index is 9.91. The Hall–Kier alpha value is -0.0800. The van der Waals surface area contributed by atoms with E-state index in [1.54, 1.807) is 0 Å². The van der Waals surface area contributed by atoms with Crippen LogP contribution < -0.4 is 0 Å². The van der Waals surface area contributed by atoms with Crippen molar-refractivity contribution in [3.8, 4) is 0 Å². The summed E-state index contributed by atoms with van der Waals surface area (Å²) in [7, 11) is 0. The highest BCUT2D eigenvalue weighted by molar-refractivity contribution is 4.85. The minimum Gasteiger partial charge on any atom is -0.391 e. The molecule has 0 radical (unpaired) electrons. The molecule has 0 aromatic carbocycles. The fraction of sp³-hybridized carbons (Fsp3) is 1.00. The average molecular weight is 213 g/mol. The molecule has 1 aliphatic carbocycles. The minimum atomic E-state index is -0.0701. The van der Waals surface area contributed by atoms with Crippen LogP contribution in [0.25, 0.3) is 0 Å². The van der Waals surface area contributed by atoms with Crippen LogP contribution in [0.1, 0.15) is 52.9 Å². The summed E-state index contributed by atoms with van der Waals surface area (Å²) in [5.41, 5.74) is 0. The Balaban J connectivity index is 2.47. The normalized spacial score (nSPS) is 26.8. The Morgan fingerprint density at radius 2 is 1.87 bits per heavy atom. The molecule has 2 heteroatoms. The van der Waals surface area contributed by atoms with Gasteiger partial charge in [-0.1, -0.05) is 33.6 Å². The number of hydrogen-bond acceptors (Lipinski definition) is 2. The first-order valence-corrected chi connectivity index (χ1v) is 6.64. The maximum atomic E-state index is 9.91. The second kappa shape index (κ2) is 6.49. The van der Waals surface area contributed by atoms with Crippen LogP contribution in [0.2, 0.25) is 0 Å². The Bertz CT molecular complexity index is 168. The lowest BCUT2D eigenvalue weighted by molar-refractivity contribution is 0.0629. The van der Waals surface area contributed by atoms with E-state index in [1.165, 1.54) is 32.2 Å². The number of nitrogens with zero attached hydrogens (tertiary/aromatic N) is 1. The lowest BCUT2D eigenvalue weighted by Gasteiger charge is -2.32. The first-order chi connectivity index (χ1) is 7.22. The van der Waals surface area contributed by atoms with E-state index in [0.29, 0.717) is 6.04 Å². The van der Waals surface area contributed by atoms with Crippen molar-refractivity contribution in [1.29, 1.82) is 0 Å². The summed E-state index contributed by atoms with van der Waals surface area (Å²) in [6.07, 6.45) is 5.84. The van der Waals surface area contributed by atoms with Crippen LogP contribution in [0.4, 0.5) is 0 Å². The molecule has 2 nitrogen and oxygen atoms in total. The Labute approximate surface area is 94.7 Å². The van der Waals surface area contributed by atoms with Crippen LogP contribution in [0.5, 0.6) is 0 Å². The van der Waals surface area contributed by atoms with Gasteiger partial charge in [0.1, 0.15) is 0 Å². The van der Waals surface area contributed by atoms with Crippen LogP contribution in [0.3, 0.4) is 0 Å². The standard InChI is InChI=1S/C13H27NO/c1-4-11(5-2)10-14(6-3)12-8-7-9-13(12)15/h11-13,15H,4-10H2,1-3H3/t12-,13-/m0/s1. The molecule has 1 saturated carbocycles. The Morgan fingerprint density at radius 1 is 1.20 bits per heavy atom. The third-order valence-corrected chi connectivity index (χ3v) is 3.97. The third kappa shape index (κ3) is 3.46. The summed E-state index contributed by atoms with van der Waals surface area (Å²) in [5.74, 6) is 0.803. The SMILES string of the molecule is CCC(CC)CN(CC)[C@H]1CCC[C@@H]1O. The molecule has 15 heavy (non-hydrogen) atoms. The number of aliphatic hydroxyl groups is 1. The van der Waals surface area contributed by atoms with Gasteiger partial charge in [-0.25, -0.2) is 0 Å². The predicted molar refractivity (Wildman–Crippen MR) is 65.0 cm³/mol. The van der Waals surface area contributed by atoms with Crippen molar-refractivity contribution in [3.05, 3.63) is 0 Å². The molecule has 0 aromatic heterocycles. The molecule has 0 aliphatic heterocycles. The van der Waals surface area contributed by atoms with Crippen LogP contribution in [-0.2, 0) is 0 Å². The van der Waals surface area contributed by atoms with Gasteiger partial charge >= 0.3 is 0 Å². The molecule has 0 amide bonds. The van der Waals surface area contributed by atoms with Crippen molar-refractivity contribution in [1.82, 2.24) is 4.90 Å². The van der Waals surface area contributed by atoms with Gasteiger partial charge in [0.25, 0.3) is 0 Å². The summed E-state index contributed by atoms with van der Waals surface area (Å²) in [4.78, 5) is 2.50. The highest BCUT2D eigenvalue weighted by Gasteiger charge is 2.30. The van der Waals surface area contributed by atoms with Gasteiger partial charge < -0.3 is 5.11 Å². The lowest BCUT2D eigenvalue weighted by Crippen LogP contribution is -2.42. The molecule has 1 fully saturated rings. The van der Waals surface area contributed by atoms with E-state index in [4.69, 9.17) is 0 Å². The van der Waals surface area contributed by atoms with Gasteiger partial charge in [-0.3, -0.25) is 4.90 Å². The number of rotatable bonds is 6. The van der Waals surface area contributed by atoms with E-state index in [2.05, 4.69) is 25.7 Å². The molecular weight excluding hydrogens is 186 g/mol. The fourth-order valence-corrected chi connectivity index (χ4v) is 2.72. The molecule has 90 valence electrons. The summed E-state index contributed by atoms with van der Waals surface area (Å²) >= 11 is 0. The van der Waals surface area contributed by atoms with Crippen molar-refractivity contribution in [3.63, 3.8) is 0 Å². The summed E-state index contributed by atoms with van der Waals surface area (Å²) in [6, 6.07) is 0.440. The quantitative estimate of drug-likeness (QED) is 0.733. The maximum Gasteiger partial charge on any atom is 0.0695 e. The first-order valence-electron chi connectivity index (χ1n) is 6.64. The second-order valence-corrected chi connectivity index (χ2v) is 4.84. The van der Waals surface area contributed by atoms with Crippen LogP contribution >= 0.6 is 0 Å².